The number of aryl methyl sites for hydroxylation is 1. The first kappa shape index (κ1) is 17.1. The molecule has 2 amide bonds. The highest BCUT2D eigenvalue weighted by atomic mass is 16.5. The predicted octanol–water partition coefficient (Wildman–Crippen LogP) is 2.13. The summed E-state index contributed by atoms with van der Waals surface area (Å²) in [6, 6.07) is 11.4. The van der Waals surface area contributed by atoms with Crippen molar-refractivity contribution >= 4 is 11.8 Å². The van der Waals surface area contributed by atoms with Crippen LogP contribution in [-0.2, 0) is 16.1 Å². The monoisotopic (exact) mass is 342 g/mol. The predicted molar refractivity (Wildman–Crippen MR) is 91.9 cm³/mol. The Morgan fingerprint density at radius 2 is 2.12 bits per heavy atom. The molecular formula is C19H22N2O4. The van der Waals surface area contributed by atoms with Crippen LogP contribution in [0.15, 0.2) is 47.1 Å². The van der Waals surface area contributed by atoms with Crippen molar-refractivity contribution < 1.29 is 18.7 Å². The van der Waals surface area contributed by atoms with E-state index < -0.39 is 0 Å². The zero-order chi connectivity index (χ0) is 17.6. The molecule has 1 N–H and O–H groups in total. The highest BCUT2D eigenvalue weighted by molar-refractivity contribution is 5.89. The van der Waals surface area contributed by atoms with Crippen LogP contribution in [0, 0.1) is 12.8 Å². The summed E-state index contributed by atoms with van der Waals surface area (Å²) in [5.41, 5.74) is 1.17. The maximum Gasteiger partial charge on any atom is 0.225 e. The molecule has 2 aromatic rings. The molecule has 3 rings (SSSR count). The Kier molecular flexibility index (Phi) is 5.38. The minimum Gasteiger partial charge on any atom is -0.492 e. The van der Waals surface area contributed by atoms with Crippen LogP contribution < -0.4 is 10.1 Å². The summed E-state index contributed by atoms with van der Waals surface area (Å²) in [7, 11) is 0. The van der Waals surface area contributed by atoms with Gasteiger partial charge in [-0.25, -0.2) is 0 Å². The largest absolute Gasteiger partial charge is 0.492 e. The Hall–Kier alpha value is -2.76. The molecule has 1 fully saturated rings. The minimum atomic E-state index is -0.318. The molecule has 0 bridgehead atoms. The third kappa shape index (κ3) is 4.62. The highest BCUT2D eigenvalue weighted by Gasteiger charge is 2.34. The zero-order valence-corrected chi connectivity index (χ0v) is 14.2. The third-order valence-corrected chi connectivity index (χ3v) is 4.20. The number of carbonyl (C=O) groups excluding carboxylic acids is 2. The average Bonchev–Trinajstić information content (AvgIpc) is 3.24. The molecule has 1 aliphatic heterocycles. The fraction of sp³-hybridized carbons (Fsp3) is 0.368. The summed E-state index contributed by atoms with van der Waals surface area (Å²) in [6.45, 7) is 3.65. The van der Waals surface area contributed by atoms with Gasteiger partial charge in [0.25, 0.3) is 0 Å². The number of likely N-dealkylation sites (tertiary alicyclic amines) is 1. The lowest BCUT2D eigenvalue weighted by Crippen LogP contribution is -2.35. The molecule has 1 unspecified atom stereocenters. The number of amides is 2. The zero-order valence-electron chi connectivity index (χ0n) is 14.2. The summed E-state index contributed by atoms with van der Waals surface area (Å²) in [4.78, 5) is 25.9. The molecule has 25 heavy (non-hydrogen) atoms. The Bertz CT molecular complexity index is 710. The Morgan fingerprint density at radius 3 is 2.84 bits per heavy atom. The van der Waals surface area contributed by atoms with Crippen molar-refractivity contribution in [2.24, 2.45) is 5.92 Å². The van der Waals surface area contributed by atoms with Gasteiger partial charge in [-0.1, -0.05) is 17.7 Å². The number of nitrogens with zero attached hydrogens (tertiary/aromatic N) is 1. The fourth-order valence-corrected chi connectivity index (χ4v) is 2.81. The van der Waals surface area contributed by atoms with Gasteiger partial charge in [0.2, 0.25) is 11.8 Å². The van der Waals surface area contributed by atoms with Crippen LogP contribution in [0.3, 0.4) is 0 Å². The normalized spacial score (nSPS) is 16.9. The van der Waals surface area contributed by atoms with Gasteiger partial charge in [-0.15, -0.1) is 0 Å². The van der Waals surface area contributed by atoms with Crippen LogP contribution in [0.5, 0.6) is 5.75 Å². The second kappa shape index (κ2) is 7.88. The van der Waals surface area contributed by atoms with Gasteiger partial charge in [0.1, 0.15) is 18.1 Å². The average molecular weight is 342 g/mol. The van der Waals surface area contributed by atoms with Gasteiger partial charge in [-0.2, -0.15) is 0 Å². The van der Waals surface area contributed by atoms with E-state index in [4.69, 9.17) is 9.15 Å². The van der Waals surface area contributed by atoms with Crippen molar-refractivity contribution in [3.05, 3.63) is 54.0 Å². The molecule has 0 radical (unpaired) electrons. The SMILES string of the molecule is Cc1ccc(OCCNC(=O)C2CC(=O)N(Cc3ccco3)C2)cc1. The lowest BCUT2D eigenvalue weighted by atomic mass is 10.1. The van der Waals surface area contributed by atoms with Gasteiger partial charge in [0.05, 0.1) is 25.3 Å². The number of nitrogens with one attached hydrogen (secondary N) is 1. The molecule has 1 atom stereocenters. The van der Waals surface area contributed by atoms with Gasteiger partial charge in [-0.05, 0) is 31.2 Å². The van der Waals surface area contributed by atoms with E-state index in [9.17, 15) is 9.59 Å². The van der Waals surface area contributed by atoms with Gasteiger partial charge >= 0.3 is 0 Å². The Labute approximate surface area is 146 Å². The number of furan rings is 1. The number of hydrogen-bond donors (Lipinski definition) is 1. The quantitative estimate of drug-likeness (QED) is 0.783. The standard InChI is InChI=1S/C19H22N2O4/c1-14-4-6-16(7-5-14)25-10-8-20-19(23)15-11-18(22)21(12-15)13-17-3-2-9-24-17/h2-7,9,15H,8,10-13H2,1H3,(H,20,23). The Morgan fingerprint density at radius 1 is 1.32 bits per heavy atom. The van der Waals surface area contributed by atoms with Crippen LogP contribution in [0.1, 0.15) is 17.7 Å². The minimum absolute atomic E-state index is 0.0209. The van der Waals surface area contributed by atoms with Crippen molar-refractivity contribution in [3.8, 4) is 5.75 Å². The summed E-state index contributed by atoms with van der Waals surface area (Å²) in [5.74, 6) is 1.05. The van der Waals surface area contributed by atoms with Crippen LogP contribution in [0.4, 0.5) is 0 Å². The Balaban J connectivity index is 1.39. The first-order chi connectivity index (χ1) is 12.1. The lowest BCUT2D eigenvalue weighted by molar-refractivity contribution is -0.129. The number of hydrogen-bond acceptors (Lipinski definition) is 4. The number of carbonyl (C=O) groups is 2. The molecule has 0 spiro atoms. The molecule has 1 aliphatic rings. The second-order valence-electron chi connectivity index (χ2n) is 6.21. The lowest BCUT2D eigenvalue weighted by Gasteiger charge is -2.15. The maximum atomic E-state index is 12.2. The van der Waals surface area contributed by atoms with Gasteiger partial charge in [0, 0.05) is 13.0 Å². The van der Waals surface area contributed by atoms with Crippen LogP contribution in [0.25, 0.3) is 0 Å². The van der Waals surface area contributed by atoms with Gasteiger partial charge in [0.15, 0.2) is 0 Å². The summed E-state index contributed by atoms with van der Waals surface area (Å²) in [6.07, 6.45) is 1.82. The smallest absolute Gasteiger partial charge is 0.225 e. The molecule has 6 nitrogen and oxygen atoms in total. The maximum absolute atomic E-state index is 12.2. The molecular weight excluding hydrogens is 320 g/mol. The van der Waals surface area contributed by atoms with Crippen molar-refractivity contribution in [1.82, 2.24) is 10.2 Å². The topological polar surface area (TPSA) is 71.8 Å². The van der Waals surface area contributed by atoms with E-state index in [1.807, 2.05) is 37.3 Å². The number of rotatable bonds is 7. The highest BCUT2D eigenvalue weighted by Crippen LogP contribution is 2.20. The number of benzene rings is 1. The summed E-state index contributed by atoms with van der Waals surface area (Å²) in [5, 5.41) is 2.84. The molecule has 1 aromatic heterocycles. The van der Waals surface area contributed by atoms with Crippen molar-refractivity contribution in [2.75, 3.05) is 19.7 Å². The van der Waals surface area contributed by atoms with E-state index in [2.05, 4.69) is 5.32 Å². The number of ether oxygens (including phenoxy) is 1. The van der Waals surface area contributed by atoms with E-state index in [-0.39, 0.29) is 24.2 Å². The van der Waals surface area contributed by atoms with Gasteiger partial charge < -0.3 is 19.4 Å². The molecule has 0 saturated carbocycles. The third-order valence-electron chi connectivity index (χ3n) is 4.20. The molecule has 2 heterocycles. The fourth-order valence-electron chi connectivity index (χ4n) is 2.81. The van der Waals surface area contributed by atoms with Crippen molar-refractivity contribution in [2.45, 2.75) is 19.9 Å². The van der Waals surface area contributed by atoms with Crippen LogP contribution >= 0.6 is 0 Å². The van der Waals surface area contributed by atoms with Crippen molar-refractivity contribution in [3.63, 3.8) is 0 Å². The first-order valence-electron chi connectivity index (χ1n) is 8.39. The van der Waals surface area contributed by atoms with E-state index in [1.54, 1.807) is 17.2 Å². The molecule has 1 saturated heterocycles. The summed E-state index contributed by atoms with van der Waals surface area (Å²) >= 11 is 0. The second-order valence-corrected chi connectivity index (χ2v) is 6.21. The van der Waals surface area contributed by atoms with Gasteiger partial charge in [-0.3, -0.25) is 9.59 Å². The van der Waals surface area contributed by atoms with Crippen molar-refractivity contribution in [1.29, 1.82) is 0 Å². The molecule has 1 aromatic carbocycles. The van der Waals surface area contributed by atoms with E-state index in [1.165, 1.54) is 5.56 Å². The van der Waals surface area contributed by atoms with E-state index in [0.717, 1.165) is 11.5 Å². The molecule has 6 heteroatoms. The first-order valence-corrected chi connectivity index (χ1v) is 8.39. The summed E-state index contributed by atoms with van der Waals surface area (Å²) < 4.78 is 10.8. The van der Waals surface area contributed by atoms with Crippen LogP contribution in [0.2, 0.25) is 0 Å². The van der Waals surface area contributed by atoms with Crippen LogP contribution in [-0.4, -0.2) is 36.4 Å². The van der Waals surface area contributed by atoms with E-state index >= 15 is 0 Å². The molecule has 0 aliphatic carbocycles. The molecule has 132 valence electrons. The van der Waals surface area contributed by atoms with E-state index in [0.29, 0.717) is 26.2 Å².